The number of piperazine rings is 1. The number of nitrogens with zero attached hydrogens (tertiary/aromatic N) is 2. The van der Waals surface area contributed by atoms with Gasteiger partial charge < -0.3 is 10.0 Å². The van der Waals surface area contributed by atoms with E-state index in [0.29, 0.717) is 6.54 Å². The van der Waals surface area contributed by atoms with Crippen molar-refractivity contribution in [1.29, 1.82) is 0 Å². The minimum Gasteiger partial charge on any atom is -0.387 e. The molecule has 0 saturated carbocycles. The van der Waals surface area contributed by atoms with Crippen LogP contribution in [0, 0.1) is 6.92 Å². The van der Waals surface area contributed by atoms with E-state index >= 15 is 0 Å². The van der Waals surface area contributed by atoms with Crippen LogP contribution in [-0.2, 0) is 4.79 Å². The molecule has 4 heteroatoms. The Hall–Kier alpha value is -1.39. The van der Waals surface area contributed by atoms with E-state index in [1.165, 1.54) is 0 Å². The summed E-state index contributed by atoms with van der Waals surface area (Å²) in [5.74, 6) is 0.138. The fourth-order valence-electron chi connectivity index (χ4n) is 2.47. The van der Waals surface area contributed by atoms with Crippen molar-refractivity contribution in [3.05, 3.63) is 35.4 Å². The molecule has 1 heterocycles. The maximum Gasteiger partial charge on any atom is 0.219 e. The molecule has 1 amide bonds. The Labute approximate surface area is 114 Å². The van der Waals surface area contributed by atoms with E-state index in [2.05, 4.69) is 4.90 Å². The number of carbonyl (C=O) groups is 1. The summed E-state index contributed by atoms with van der Waals surface area (Å²) >= 11 is 0. The highest BCUT2D eigenvalue weighted by Gasteiger charge is 2.20. The normalized spacial score (nSPS) is 18.4. The van der Waals surface area contributed by atoms with Gasteiger partial charge in [-0.15, -0.1) is 0 Å². The zero-order chi connectivity index (χ0) is 13.8. The molecule has 1 atom stereocenters. The number of carbonyl (C=O) groups excluding carboxylic acids is 1. The van der Waals surface area contributed by atoms with Crippen LogP contribution in [0.1, 0.15) is 24.2 Å². The predicted octanol–water partition coefficient (Wildman–Crippen LogP) is 1.19. The Balaban J connectivity index is 1.87. The second-order valence-corrected chi connectivity index (χ2v) is 5.24. The van der Waals surface area contributed by atoms with Gasteiger partial charge in [-0.1, -0.05) is 29.8 Å². The van der Waals surface area contributed by atoms with Gasteiger partial charge in [-0.3, -0.25) is 9.69 Å². The smallest absolute Gasteiger partial charge is 0.219 e. The van der Waals surface area contributed by atoms with Crippen LogP contribution < -0.4 is 0 Å². The molecule has 1 N–H and O–H groups in total. The monoisotopic (exact) mass is 262 g/mol. The first-order chi connectivity index (χ1) is 9.06. The molecular formula is C15H22N2O2. The van der Waals surface area contributed by atoms with Gasteiger partial charge in [0.25, 0.3) is 0 Å². The summed E-state index contributed by atoms with van der Waals surface area (Å²) in [6.45, 7) is 7.46. The molecule has 1 aromatic carbocycles. The number of aryl methyl sites for hydroxylation is 1. The summed E-state index contributed by atoms with van der Waals surface area (Å²) in [7, 11) is 0. The van der Waals surface area contributed by atoms with Gasteiger partial charge in [0, 0.05) is 39.6 Å². The number of benzene rings is 1. The number of amides is 1. The molecule has 19 heavy (non-hydrogen) atoms. The Morgan fingerprint density at radius 2 is 2.00 bits per heavy atom. The third-order valence-electron chi connectivity index (χ3n) is 3.68. The summed E-state index contributed by atoms with van der Waals surface area (Å²) in [6.07, 6.45) is -0.455. The molecule has 4 nitrogen and oxygen atoms in total. The molecule has 1 unspecified atom stereocenters. The lowest BCUT2D eigenvalue weighted by Crippen LogP contribution is -2.48. The molecular weight excluding hydrogens is 240 g/mol. The van der Waals surface area contributed by atoms with Crippen LogP contribution in [-0.4, -0.2) is 53.5 Å². The maximum absolute atomic E-state index is 11.2. The number of aliphatic hydroxyl groups excluding tert-OH is 1. The Morgan fingerprint density at radius 3 is 2.58 bits per heavy atom. The lowest BCUT2D eigenvalue weighted by Gasteiger charge is -2.35. The zero-order valence-electron chi connectivity index (χ0n) is 11.7. The molecule has 1 aliphatic rings. The average Bonchev–Trinajstić information content (AvgIpc) is 2.39. The highest BCUT2D eigenvalue weighted by Crippen LogP contribution is 2.16. The van der Waals surface area contributed by atoms with E-state index in [9.17, 15) is 9.90 Å². The fourth-order valence-corrected chi connectivity index (χ4v) is 2.47. The first-order valence-corrected chi connectivity index (χ1v) is 6.79. The summed E-state index contributed by atoms with van der Waals surface area (Å²) in [5.41, 5.74) is 2.13. The Kier molecular flexibility index (Phi) is 4.56. The van der Waals surface area contributed by atoms with Crippen LogP contribution in [0.3, 0.4) is 0 Å². The quantitative estimate of drug-likeness (QED) is 0.890. The first-order valence-electron chi connectivity index (χ1n) is 6.79. The minimum atomic E-state index is -0.455. The van der Waals surface area contributed by atoms with E-state index in [0.717, 1.165) is 37.3 Å². The molecule has 1 aromatic rings. The van der Waals surface area contributed by atoms with Crippen molar-refractivity contribution < 1.29 is 9.90 Å². The largest absolute Gasteiger partial charge is 0.387 e. The van der Waals surface area contributed by atoms with E-state index < -0.39 is 6.10 Å². The highest BCUT2D eigenvalue weighted by molar-refractivity contribution is 5.73. The topological polar surface area (TPSA) is 43.8 Å². The zero-order valence-corrected chi connectivity index (χ0v) is 11.7. The van der Waals surface area contributed by atoms with Gasteiger partial charge in [-0.25, -0.2) is 0 Å². The minimum absolute atomic E-state index is 0.138. The molecule has 1 fully saturated rings. The van der Waals surface area contributed by atoms with Crippen molar-refractivity contribution in [2.45, 2.75) is 20.0 Å². The summed E-state index contributed by atoms with van der Waals surface area (Å²) in [5, 5.41) is 10.3. The van der Waals surface area contributed by atoms with Crippen molar-refractivity contribution in [1.82, 2.24) is 9.80 Å². The second kappa shape index (κ2) is 6.17. The summed E-state index contributed by atoms with van der Waals surface area (Å²) in [4.78, 5) is 15.3. The first kappa shape index (κ1) is 14.0. The number of hydrogen-bond donors (Lipinski definition) is 1. The van der Waals surface area contributed by atoms with Crippen molar-refractivity contribution in [3.63, 3.8) is 0 Å². The van der Waals surface area contributed by atoms with Gasteiger partial charge >= 0.3 is 0 Å². The van der Waals surface area contributed by atoms with E-state index in [4.69, 9.17) is 0 Å². The van der Waals surface area contributed by atoms with Crippen LogP contribution >= 0.6 is 0 Å². The predicted molar refractivity (Wildman–Crippen MR) is 74.8 cm³/mol. The summed E-state index contributed by atoms with van der Waals surface area (Å²) in [6, 6.07) is 7.99. The van der Waals surface area contributed by atoms with Gasteiger partial charge in [0.15, 0.2) is 0 Å². The molecule has 0 aliphatic carbocycles. The summed E-state index contributed by atoms with van der Waals surface area (Å²) < 4.78 is 0. The molecule has 2 rings (SSSR count). The number of rotatable bonds is 3. The van der Waals surface area contributed by atoms with Crippen LogP contribution in [0.2, 0.25) is 0 Å². The van der Waals surface area contributed by atoms with Gasteiger partial charge in [-0.2, -0.15) is 0 Å². The van der Waals surface area contributed by atoms with Gasteiger partial charge in [0.05, 0.1) is 6.10 Å². The molecule has 0 radical (unpaired) electrons. The van der Waals surface area contributed by atoms with Crippen LogP contribution in [0.15, 0.2) is 24.3 Å². The van der Waals surface area contributed by atoms with E-state index in [1.54, 1.807) is 6.92 Å². The van der Waals surface area contributed by atoms with Gasteiger partial charge in [0.2, 0.25) is 5.91 Å². The van der Waals surface area contributed by atoms with Crippen LogP contribution in [0.4, 0.5) is 0 Å². The van der Waals surface area contributed by atoms with E-state index in [1.807, 2.05) is 36.1 Å². The average molecular weight is 262 g/mol. The van der Waals surface area contributed by atoms with E-state index in [-0.39, 0.29) is 5.91 Å². The lowest BCUT2D eigenvalue weighted by molar-refractivity contribution is -0.130. The molecule has 1 aliphatic heterocycles. The van der Waals surface area contributed by atoms with Crippen molar-refractivity contribution >= 4 is 5.91 Å². The third-order valence-corrected chi connectivity index (χ3v) is 3.68. The molecule has 104 valence electrons. The number of β-amino-alcohol motifs (C(OH)–C–C–N with tert-alkyl or cyclic N) is 1. The Morgan fingerprint density at radius 1 is 1.32 bits per heavy atom. The molecule has 1 saturated heterocycles. The maximum atomic E-state index is 11.2. The lowest BCUT2D eigenvalue weighted by atomic mass is 10.1. The number of hydrogen-bond acceptors (Lipinski definition) is 3. The molecule has 0 spiro atoms. The third kappa shape index (κ3) is 3.78. The number of aliphatic hydroxyl groups is 1. The molecule has 0 aromatic heterocycles. The standard InChI is InChI=1S/C15H22N2O2/c1-12-4-3-5-14(10-12)15(19)11-16-6-8-17(9-7-16)13(2)18/h3-5,10,15,19H,6-9,11H2,1-2H3. The second-order valence-electron chi connectivity index (χ2n) is 5.24. The van der Waals surface area contributed by atoms with Gasteiger partial charge in [-0.05, 0) is 12.5 Å². The Bertz CT molecular complexity index is 440. The van der Waals surface area contributed by atoms with Crippen LogP contribution in [0.5, 0.6) is 0 Å². The van der Waals surface area contributed by atoms with Crippen molar-refractivity contribution in [3.8, 4) is 0 Å². The SMILES string of the molecule is CC(=O)N1CCN(CC(O)c2cccc(C)c2)CC1. The van der Waals surface area contributed by atoms with Crippen LogP contribution in [0.25, 0.3) is 0 Å². The highest BCUT2D eigenvalue weighted by atomic mass is 16.3. The van der Waals surface area contributed by atoms with Crippen molar-refractivity contribution in [2.24, 2.45) is 0 Å². The van der Waals surface area contributed by atoms with Gasteiger partial charge in [0.1, 0.15) is 0 Å². The fraction of sp³-hybridized carbons (Fsp3) is 0.533. The van der Waals surface area contributed by atoms with Crippen molar-refractivity contribution in [2.75, 3.05) is 32.7 Å². The molecule has 0 bridgehead atoms.